The van der Waals surface area contributed by atoms with E-state index in [2.05, 4.69) is 9.55 Å². The van der Waals surface area contributed by atoms with E-state index in [1.807, 2.05) is 12.5 Å². The Kier molecular flexibility index (Phi) is 2.88. The maximum Gasteiger partial charge on any atom is 0.0951 e. The topological polar surface area (TPSA) is 53.1 Å². The fourth-order valence-electron chi connectivity index (χ4n) is 4.48. The third-order valence-electron chi connectivity index (χ3n) is 5.57. The molecule has 0 spiro atoms. The maximum absolute atomic E-state index is 6.47. The summed E-state index contributed by atoms with van der Waals surface area (Å²) in [7, 11) is 0. The standard InChI is InChI=1S/C15H23N3O/c16-15(12-3-4-19-8-12)14-7-17-9-18(14)13-6-10-1-2-11(13)5-10/h7,9-13,15H,1-6,8,16H2. The van der Waals surface area contributed by atoms with Gasteiger partial charge in [-0.15, -0.1) is 0 Å². The summed E-state index contributed by atoms with van der Waals surface area (Å²) < 4.78 is 7.88. The zero-order valence-electron chi connectivity index (χ0n) is 11.4. The SMILES string of the molecule is NC(c1cncn1C1CC2CCC1C2)C1CCOC1. The highest BCUT2D eigenvalue weighted by molar-refractivity contribution is 5.10. The smallest absolute Gasteiger partial charge is 0.0951 e. The Labute approximate surface area is 114 Å². The first-order valence-corrected chi connectivity index (χ1v) is 7.68. The van der Waals surface area contributed by atoms with E-state index in [0.29, 0.717) is 12.0 Å². The second-order valence-corrected chi connectivity index (χ2v) is 6.62. The van der Waals surface area contributed by atoms with E-state index < -0.39 is 0 Å². The summed E-state index contributed by atoms with van der Waals surface area (Å²) in [5.74, 6) is 2.29. The summed E-state index contributed by atoms with van der Waals surface area (Å²) in [6, 6.07) is 0.744. The Morgan fingerprint density at radius 1 is 1.32 bits per heavy atom. The average Bonchev–Trinajstić information content (AvgIpc) is 3.18. The summed E-state index contributed by atoms with van der Waals surface area (Å²) in [6.07, 6.45) is 10.7. The first kappa shape index (κ1) is 11.9. The Bertz CT molecular complexity index is 452. The second kappa shape index (κ2) is 4.60. The fourth-order valence-corrected chi connectivity index (χ4v) is 4.48. The number of hydrogen-bond acceptors (Lipinski definition) is 3. The van der Waals surface area contributed by atoms with Gasteiger partial charge in [0.05, 0.1) is 24.7 Å². The highest BCUT2D eigenvalue weighted by atomic mass is 16.5. The van der Waals surface area contributed by atoms with Crippen LogP contribution in [0.15, 0.2) is 12.5 Å². The monoisotopic (exact) mass is 261 g/mol. The molecule has 19 heavy (non-hydrogen) atoms. The summed E-state index contributed by atoms with van der Waals surface area (Å²) in [5.41, 5.74) is 7.70. The number of nitrogens with zero attached hydrogens (tertiary/aromatic N) is 2. The van der Waals surface area contributed by atoms with Crippen molar-refractivity contribution in [1.82, 2.24) is 9.55 Å². The van der Waals surface area contributed by atoms with Crippen LogP contribution in [-0.4, -0.2) is 22.8 Å². The zero-order chi connectivity index (χ0) is 12.8. The molecule has 2 saturated carbocycles. The van der Waals surface area contributed by atoms with Crippen LogP contribution in [0.4, 0.5) is 0 Å². The van der Waals surface area contributed by atoms with Gasteiger partial charge in [-0.3, -0.25) is 0 Å². The Morgan fingerprint density at radius 3 is 2.95 bits per heavy atom. The molecule has 5 unspecified atom stereocenters. The second-order valence-electron chi connectivity index (χ2n) is 6.62. The van der Waals surface area contributed by atoms with Crippen molar-refractivity contribution in [3.8, 4) is 0 Å². The van der Waals surface area contributed by atoms with E-state index in [-0.39, 0.29) is 6.04 Å². The van der Waals surface area contributed by atoms with E-state index in [0.717, 1.165) is 31.5 Å². The molecular formula is C15H23N3O. The molecule has 0 amide bonds. The lowest BCUT2D eigenvalue weighted by atomic mass is 9.93. The van der Waals surface area contributed by atoms with E-state index in [4.69, 9.17) is 10.5 Å². The molecular weight excluding hydrogens is 238 g/mol. The van der Waals surface area contributed by atoms with Crippen molar-refractivity contribution in [2.75, 3.05) is 13.2 Å². The number of imidazole rings is 1. The maximum atomic E-state index is 6.47. The molecule has 3 aliphatic rings. The first-order valence-electron chi connectivity index (χ1n) is 7.68. The van der Waals surface area contributed by atoms with Gasteiger partial charge in [-0.2, -0.15) is 0 Å². The Morgan fingerprint density at radius 2 is 2.26 bits per heavy atom. The number of nitrogens with two attached hydrogens (primary N) is 1. The van der Waals surface area contributed by atoms with Crippen LogP contribution in [-0.2, 0) is 4.74 Å². The molecule has 1 saturated heterocycles. The van der Waals surface area contributed by atoms with Gasteiger partial charge in [0.15, 0.2) is 0 Å². The minimum Gasteiger partial charge on any atom is -0.381 e. The minimum absolute atomic E-state index is 0.0872. The molecule has 4 rings (SSSR count). The summed E-state index contributed by atoms with van der Waals surface area (Å²) >= 11 is 0. The molecule has 3 fully saturated rings. The van der Waals surface area contributed by atoms with Gasteiger partial charge >= 0.3 is 0 Å². The van der Waals surface area contributed by atoms with Crippen molar-refractivity contribution < 1.29 is 4.74 Å². The molecule has 2 bridgehead atoms. The quantitative estimate of drug-likeness (QED) is 0.908. The van der Waals surface area contributed by atoms with Crippen molar-refractivity contribution >= 4 is 0 Å². The molecule has 1 aliphatic heterocycles. The van der Waals surface area contributed by atoms with Crippen LogP contribution in [0.2, 0.25) is 0 Å². The summed E-state index contributed by atoms with van der Waals surface area (Å²) in [4.78, 5) is 4.38. The minimum atomic E-state index is 0.0872. The van der Waals surface area contributed by atoms with Crippen LogP contribution in [0.5, 0.6) is 0 Å². The van der Waals surface area contributed by atoms with Crippen molar-refractivity contribution in [3.63, 3.8) is 0 Å². The van der Waals surface area contributed by atoms with Gasteiger partial charge in [-0.1, -0.05) is 6.42 Å². The molecule has 104 valence electrons. The van der Waals surface area contributed by atoms with Gasteiger partial charge < -0.3 is 15.0 Å². The molecule has 0 radical (unpaired) electrons. The molecule has 1 aromatic rings. The number of ether oxygens (including phenoxy) is 1. The first-order chi connectivity index (χ1) is 9.33. The lowest BCUT2D eigenvalue weighted by Crippen LogP contribution is -2.27. The van der Waals surface area contributed by atoms with Crippen LogP contribution < -0.4 is 5.73 Å². The van der Waals surface area contributed by atoms with Gasteiger partial charge in [-0.25, -0.2) is 4.98 Å². The molecule has 5 atom stereocenters. The van der Waals surface area contributed by atoms with Gasteiger partial charge in [0.25, 0.3) is 0 Å². The van der Waals surface area contributed by atoms with E-state index >= 15 is 0 Å². The number of rotatable bonds is 3. The molecule has 0 aromatic carbocycles. The van der Waals surface area contributed by atoms with E-state index in [1.54, 1.807) is 0 Å². The molecule has 2 N–H and O–H groups in total. The van der Waals surface area contributed by atoms with Crippen LogP contribution in [0.1, 0.15) is 49.9 Å². The Hall–Kier alpha value is -0.870. The number of fused-ring (bicyclic) bond motifs is 2. The van der Waals surface area contributed by atoms with Crippen LogP contribution in [0.25, 0.3) is 0 Å². The molecule has 4 nitrogen and oxygen atoms in total. The van der Waals surface area contributed by atoms with Crippen LogP contribution >= 0.6 is 0 Å². The van der Waals surface area contributed by atoms with E-state index in [9.17, 15) is 0 Å². The highest BCUT2D eigenvalue weighted by Crippen LogP contribution is 2.51. The number of aromatic nitrogens is 2. The lowest BCUT2D eigenvalue weighted by molar-refractivity contribution is 0.179. The largest absolute Gasteiger partial charge is 0.381 e. The third-order valence-corrected chi connectivity index (χ3v) is 5.57. The molecule has 4 heteroatoms. The van der Waals surface area contributed by atoms with Crippen molar-refractivity contribution in [2.24, 2.45) is 23.5 Å². The van der Waals surface area contributed by atoms with E-state index in [1.165, 1.54) is 31.4 Å². The number of hydrogen-bond donors (Lipinski definition) is 1. The van der Waals surface area contributed by atoms with Crippen molar-refractivity contribution in [2.45, 2.75) is 44.2 Å². The highest BCUT2D eigenvalue weighted by Gasteiger charge is 2.41. The fraction of sp³-hybridized carbons (Fsp3) is 0.800. The average molecular weight is 261 g/mol. The lowest BCUT2D eigenvalue weighted by Gasteiger charge is -2.28. The normalized spacial score (nSPS) is 39.0. The molecule has 1 aromatic heterocycles. The summed E-state index contributed by atoms with van der Waals surface area (Å²) in [6.45, 7) is 1.67. The van der Waals surface area contributed by atoms with Crippen LogP contribution in [0.3, 0.4) is 0 Å². The van der Waals surface area contributed by atoms with Gasteiger partial charge in [0, 0.05) is 24.8 Å². The third kappa shape index (κ3) is 1.93. The predicted octanol–water partition coefficient (Wildman–Crippen LogP) is 2.28. The Balaban J connectivity index is 1.58. The van der Waals surface area contributed by atoms with Crippen LogP contribution in [0, 0.1) is 17.8 Å². The van der Waals surface area contributed by atoms with Gasteiger partial charge in [0.1, 0.15) is 0 Å². The van der Waals surface area contributed by atoms with Crippen molar-refractivity contribution in [1.29, 1.82) is 0 Å². The summed E-state index contributed by atoms with van der Waals surface area (Å²) in [5, 5.41) is 0. The predicted molar refractivity (Wildman–Crippen MR) is 72.6 cm³/mol. The van der Waals surface area contributed by atoms with Crippen molar-refractivity contribution in [3.05, 3.63) is 18.2 Å². The zero-order valence-corrected chi connectivity index (χ0v) is 11.4. The van der Waals surface area contributed by atoms with Gasteiger partial charge in [-0.05, 0) is 37.5 Å². The van der Waals surface area contributed by atoms with Gasteiger partial charge in [0.2, 0.25) is 0 Å². The molecule has 2 aliphatic carbocycles. The molecule has 2 heterocycles.